The van der Waals surface area contributed by atoms with E-state index in [2.05, 4.69) is 0 Å². The first kappa shape index (κ1) is 28.1. The molecule has 0 fully saturated rings. The number of allylic oxidation sites excluding steroid dienone is 4. The second kappa shape index (κ2) is 20.3. The maximum Gasteiger partial charge on any atom is 2.00 e. The monoisotopic (exact) mass is 390 g/mol. The van der Waals surface area contributed by atoms with Crippen LogP contribution < -0.4 is 10.2 Å². The van der Waals surface area contributed by atoms with Gasteiger partial charge < -0.3 is 19.8 Å². The number of rotatable bonds is 10. The normalized spacial score (nSPS) is 13.0. The van der Waals surface area contributed by atoms with Crippen molar-refractivity contribution in [3.63, 3.8) is 0 Å². The maximum atomic E-state index is 10.1. The molecular weight excluding hydrogens is 367 g/mol. The second-order valence-electron chi connectivity index (χ2n) is 4.49. The third-order valence-corrected chi connectivity index (χ3v) is 3.28. The zero-order chi connectivity index (χ0) is 17.4. The van der Waals surface area contributed by atoms with Crippen molar-refractivity contribution in [2.75, 3.05) is 0 Å². The molecule has 0 aliphatic rings. The molecule has 23 heavy (non-hydrogen) atoms. The summed E-state index contributed by atoms with van der Waals surface area (Å²) < 4.78 is 0. The fourth-order valence-corrected chi connectivity index (χ4v) is 1.54. The molecule has 0 bridgehead atoms. The van der Waals surface area contributed by atoms with Gasteiger partial charge in [0, 0.05) is 0 Å². The standard InChI is InChI=1S/2C8H13ClO2.Ca/c2*1-2-3-4-5-6-7(9)8(10)11;/h2*3-4,7H,2,5-6H2,1H3,(H,10,11);/q;;+2/p-2/b2*4-3+;. The van der Waals surface area contributed by atoms with Crippen LogP contribution in [0.3, 0.4) is 0 Å². The third kappa shape index (κ3) is 22.3. The van der Waals surface area contributed by atoms with E-state index >= 15 is 0 Å². The van der Waals surface area contributed by atoms with Gasteiger partial charge in [-0.05, 0) is 38.5 Å². The summed E-state index contributed by atoms with van der Waals surface area (Å²) in [4.78, 5) is 20.2. The summed E-state index contributed by atoms with van der Waals surface area (Å²) in [7, 11) is 0. The summed E-state index contributed by atoms with van der Waals surface area (Å²) in [5.74, 6) is -2.37. The summed E-state index contributed by atoms with van der Waals surface area (Å²) in [5, 5.41) is 18.5. The molecule has 0 heterocycles. The molecule has 0 saturated carbocycles. The second-order valence-corrected chi connectivity index (χ2v) is 5.54. The van der Waals surface area contributed by atoms with Crippen molar-refractivity contribution in [1.29, 1.82) is 0 Å². The van der Waals surface area contributed by atoms with Crippen molar-refractivity contribution in [2.45, 2.75) is 63.1 Å². The Morgan fingerprint density at radius 1 is 0.826 bits per heavy atom. The Labute approximate surface area is 178 Å². The van der Waals surface area contributed by atoms with E-state index < -0.39 is 22.7 Å². The van der Waals surface area contributed by atoms with E-state index in [0.717, 1.165) is 12.8 Å². The molecule has 0 aliphatic heterocycles. The average molecular weight is 391 g/mol. The molecule has 0 N–H and O–H groups in total. The maximum absolute atomic E-state index is 10.1. The Morgan fingerprint density at radius 2 is 1.13 bits per heavy atom. The summed E-state index contributed by atoms with van der Waals surface area (Å²) in [5.41, 5.74) is 0. The van der Waals surface area contributed by atoms with Gasteiger partial charge in [-0.25, -0.2) is 0 Å². The SMILES string of the molecule is CC/C=C/CCC(Cl)C(=O)[O-].CC/C=C/CCC(Cl)C(=O)[O-].[Ca+2]. The number of aliphatic carboxylic acids is 2. The number of carbonyl (C=O) groups is 2. The van der Waals surface area contributed by atoms with Crippen LogP contribution in [-0.4, -0.2) is 60.4 Å². The molecule has 2 unspecified atom stereocenters. The Kier molecular flexibility index (Phi) is 24.8. The zero-order valence-electron chi connectivity index (χ0n) is 13.8. The molecule has 0 amide bonds. The number of carboxylic acids is 2. The number of alkyl halides is 2. The van der Waals surface area contributed by atoms with Crippen LogP contribution in [0.1, 0.15) is 52.4 Å². The van der Waals surface area contributed by atoms with E-state index in [1.54, 1.807) is 0 Å². The van der Waals surface area contributed by atoms with Crippen LogP contribution in [0.5, 0.6) is 0 Å². The van der Waals surface area contributed by atoms with Gasteiger partial charge >= 0.3 is 37.7 Å². The first-order chi connectivity index (χ1) is 10.4. The van der Waals surface area contributed by atoms with Crippen molar-refractivity contribution in [3.05, 3.63) is 24.3 Å². The number of hydrogen-bond acceptors (Lipinski definition) is 4. The summed E-state index contributed by atoms with van der Waals surface area (Å²) in [6, 6.07) is 0. The zero-order valence-corrected chi connectivity index (χ0v) is 17.5. The van der Waals surface area contributed by atoms with E-state index in [9.17, 15) is 19.8 Å². The predicted molar refractivity (Wildman–Crippen MR) is 92.4 cm³/mol. The van der Waals surface area contributed by atoms with Crippen molar-refractivity contribution in [3.8, 4) is 0 Å². The molecule has 2 atom stereocenters. The summed E-state index contributed by atoms with van der Waals surface area (Å²) in [6.45, 7) is 4.04. The molecule has 0 aromatic heterocycles. The quantitative estimate of drug-likeness (QED) is 0.323. The molecule has 0 aliphatic carbocycles. The average Bonchev–Trinajstić information content (AvgIpc) is 2.48. The minimum absolute atomic E-state index is 0. The van der Waals surface area contributed by atoms with Gasteiger partial charge in [-0.15, -0.1) is 23.2 Å². The van der Waals surface area contributed by atoms with Gasteiger partial charge in [0.1, 0.15) is 0 Å². The molecule has 0 rings (SSSR count). The van der Waals surface area contributed by atoms with Gasteiger partial charge in [-0.2, -0.15) is 0 Å². The van der Waals surface area contributed by atoms with Crippen LogP contribution in [0.2, 0.25) is 0 Å². The number of carboxylic acid groups (broad SMARTS) is 2. The van der Waals surface area contributed by atoms with Gasteiger partial charge in [0.25, 0.3) is 0 Å². The fraction of sp³-hybridized carbons (Fsp3) is 0.625. The number of hydrogen-bond donors (Lipinski definition) is 0. The smallest absolute Gasteiger partial charge is 0.549 e. The molecule has 4 nitrogen and oxygen atoms in total. The van der Waals surface area contributed by atoms with Crippen LogP contribution in [0.15, 0.2) is 24.3 Å². The number of halogens is 2. The predicted octanol–water partition coefficient (Wildman–Crippen LogP) is 1.80. The molecular formula is C16H24CaCl2O4. The summed E-state index contributed by atoms with van der Waals surface area (Å²) in [6.07, 6.45) is 12.1. The van der Waals surface area contributed by atoms with Crippen LogP contribution in [-0.2, 0) is 9.59 Å². The minimum atomic E-state index is -1.18. The van der Waals surface area contributed by atoms with Crippen LogP contribution in [0.25, 0.3) is 0 Å². The molecule has 0 aromatic carbocycles. The van der Waals surface area contributed by atoms with Crippen LogP contribution in [0.4, 0.5) is 0 Å². The van der Waals surface area contributed by atoms with E-state index in [1.165, 1.54) is 0 Å². The molecule has 128 valence electrons. The van der Waals surface area contributed by atoms with Crippen LogP contribution >= 0.6 is 23.2 Å². The summed E-state index contributed by atoms with van der Waals surface area (Å²) >= 11 is 10.8. The van der Waals surface area contributed by atoms with Crippen molar-refractivity contribution < 1.29 is 19.8 Å². The largest absolute Gasteiger partial charge is 2.00 e. The van der Waals surface area contributed by atoms with E-state index in [1.807, 2.05) is 38.2 Å². The fourth-order valence-electron chi connectivity index (χ4n) is 1.29. The van der Waals surface area contributed by atoms with Crippen LogP contribution in [0, 0.1) is 0 Å². The van der Waals surface area contributed by atoms with E-state index in [4.69, 9.17) is 23.2 Å². The van der Waals surface area contributed by atoms with Crippen molar-refractivity contribution in [2.24, 2.45) is 0 Å². The third-order valence-electron chi connectivity index (χ3n) is 2.49. The Balaban J connectivity index is -0.000000333. The Hall–Kier alpha value is 0.260. The molecule has 0 aromatic rings. The first-order valence-corrected chi connectivity index (χ1v) is 8.23. The Bertz CT molecular complexity index is 326. The Morgan fingerprint density at radius 3 is 1.35 bits per heavy atom. The molecule has 7 heteroatoms. The van der Waals surface area contributed by atoms with Gasteiger partial charge in [-0.3, -0.25) is 0 Å². The van der Waals surface area contributed by atoms with Gasteiger partial charge in [0.05, 0.1) is 22.7 Å². The van der Waals surface area contributed by atoms with Gasteiger partial charge in [0.15, 0.2) is 0 Å². The van der Waals surface area contributed by atoms with E-state index in [-0.39, 0.29) is 37.7 Å². The van der Waals surface area contributed by atoms with E-state index in [0.29, 0.717) is 25.7 Å². The van der Waals surface area contributed by atoms with Crippen molar-refractivity contribution >= 4 is 72.9 Å². The van der Waals surface area contributed by atoms with Gasteiger partial charge in [-0.1, -0.05) is 38.2 Å². The van der Waals surface area contributed by atoms with Crippen molar-refractivity contribution in [1.82, 2.24) is 0 Å². The molecule has 0 spiro atoms. The topological polar surface area (TPSA) is 80.3 Å². The minimum Gasteiger partial charge on any atom is -0.549 e. The first-order valence-electron chi connectivity index (χ1n) is 7.36. The number of carbonyl (C=O) groups excluding carboxylic acids is 2. The molecule has 0 radical (unpaired) electrons. The van der Waals surface area contributed by atoms with Gasteiger partial charge in [0.2, 0.25) is 0 Å². The molecule has 0 saturated heterocycles.